The summed E-state index contributed by atoms with van der Waals surface area (Å²) in [4.78, 5) is 0. The number of nitrogens with one attached hydrogen (secondary N) is 1. The number of benzene rings is 1. The van der Waals surface area contributed by atoms with Crippen LogP contribution in [-0.2, 0) is 10.0 Å². The van der Waals surface area contributed by atoms with Gasteiger partial charge >= 0.3 is 0 Å². The zero-order valence-corrected chi connectivity index (χ0v) is 13.6. The second-order valence-electron chi connectivity index (χ2n) is 3.99. The Kier molecular flexibility index (Phi) is 3.79. The monoisotopic (exact) mass is 385 g/mol. The summed E-state index contributed by atoms with van der Waals surface area (Å²) in [5.41, 5.74) is 1.18. The second-order valence-corrected chi connectivity index (χ2v) is 8.36. The molecule has 1 N–H and O–H groups in total. The van der Waals surface area contributed by atoms with Gasteiger partial charge in [-0.1, -0.05) is 0 Å². The summed E-state index contributed by atoms with van der Waals surface area (Å²) in [5.74, 6) is 0.381. The summed E-state index contributed by atoms with van der Waals surface area (Å²) in [5, 5.41) is 7.37. The first kappa shape index (κ1) is 14.2. The molecule has 3 aromatic rings. The van der Waals surface area contributed by atoms with E-state index in [1.54, 1.807) is 36.4 Å². The van der Waals surface area contributed by atoms with E-state index in [1.165, 1.54) is 6.39 Å². The smallest absolute Gasteiger partial charge is 0.271 e. The van der Waals surface area contributed by atoms with Crippen molar-refractivity contribution in [1.82, 2.24) is 10.2 Å². The van der Waals surface area contributed by atoms with Gasteiger partial charge in [-0.15, -0.1) is 21.5 Å². The molecule has 0 aliphatic heterocycles. The Balaban J connectivity index is 1.82. The Labute approximate surface area is 133 Å². The van der Waals surface area contributed by atoms with Crippen LogP contribution in [0.2, 0.25) is 0 Å². The van der Waals surface area contributed by atoms with Gasteiger partial charge in [0.15, 0.2) is 0 Å². The van der Waals surface area contributed by atoms with Gasteiger partial charge in [-0.25, -0.2) is 8.42 Å². The van der Waals surface area contributed by atoms with E-state index in [1.807, 2.05) is 0 Å². The molecule has 9 heteroatoms. The summed E-state index contributed by atoms with van der Waals surface area (Å²) in [6.07, 6.45) is 1.24. The summed E-state index contributed by atoms with van der Waals surface area (Å²) >= 11 is 4.39. The molecule has 0 fully saturated rings. The van der Waals surface area contributed by atoms with Gasteiger partial charge in [0.2, 0.25) is 12.3 Å². The van der Waals surface area contributed by atoms with Crippen molar-refractivity contribution >= 4 is 43.0 Å². The van der Waals surface area contributed by atoms with Crippen molar-refractivity contribution in [2.24, 2.45) is 0 Å². The molecule has 3 rings (SSSR count). The predicted octanol–water partition coefficient (Wildman–Crippen LogP) is 3.36. The zero-order chi connectivity index (χ0) is 14.9. The number of thiophene rings is 1. The van der Waals surface area contributed by atoms with Gasteiger partial charge in [0.25, 0.3) is 10.0 Å². The van der Waals surface area contributed by atoms with E-state index in [0.717, 1.165) is 15.1 Å². The molecule has 0 aliphatic carbocycles. The average Bonchev–Trinajstić information content (AvgIpc) is 3.10. The second kappa shape index (κ2) is 5.58. The third kappa shape index (κ3) is 3.14. The molecule has 2 aromatic heterocycles. The first-order chi connectivity index (χ1) is 10.0. The Morgan fingerprint density at radius 2 is 1.90 bits per heavy atom. The van der Waals surface area contributed by atoms with Crippen molar-refractivity contribution in [3.8, 4) is 11.5 Å². The quantitative estimate of drug-likeness (QED) is 0.743. The molecule has 0 bridgehead atoms. The summed E-state index contributed by atoms with van der Waals surface area (Å²) in [7, 11) is -3.57. The molecule has 0 spiro atoms. The number of sulfonamides is 1. The minimum Gasteiger partial charge on any atom is -0.423 e. The van der Waals surface area contributed by atoms with Crippen LogP contribution in [0.5, 0.6) is 0 Å². The van der Waals surface area contributed by atoms with E-state index in [0.29, 0.717) is 17.1 Å². The number of aromatic nitrogens is 2. The Morgan fingerprint density at radius 1 is 1.14 bits per heavy atom. The molecule has 2 heterocycles. The topological polar surface area (TPSA) is 85.1 Å². The lowest BCUT2D eigenvalue weighted by Gasteiger charge is -2.06. The van der Waals surface area contributed by atoms with Gasteiger partial charge in [-0.2, -0.15) is 0 Å². The Bertz CT molecular complexity index is 842. The standard InChI is InChI=1S/C12H8BrN3O3S2/c13-10-5-6-11(20-10)21(17,18)16-9-3-1-8(2-4-9)12-15-14-7-19-12/h1-7,16H. The van der Waals surface area contributed by atoms with Crippen LogP contribution in [0.3, 0.4) is 0 Å². The van der Waals surface area contributed by atoms with E-state index in [4.69, 9.17) is 4.42 Å². The van der Waals surface area contributed by atoms with Gasteiger partial charge in [0, 0.05) is 11.3 Å². The molecule has 0 radical (unpaired) electrons. The van der Waals surface area contributed by atoms with Gasteiger partial charge < -0.3 is 4.42 Å². The molecule has 0 amide bonds. The SMILES string of the molecule is O=S(=O)(Nc1ccc(-c2nnco2)cc1)c1ccc(Br)s1. The van der Waals surface area contributed by atoms with Crippen LogP contribution >= 0.6 is 27.3 Å². The van der Waals surface area contributed by atoms with E-state index in [-0.39, 0.29) is 4.21 Å². The number of nitrogens with zero attached hydrogens (tertiary/aromatic N) is 2. The number of anilines is 1. The highest BCUT2D eigenvalue weighted by Crippen LogP contribution is 2.28. The van der Waals surface area contributed by atoms with Crippen molar-refractivity contribution in [2.45, 2.75) is 4.21 Å². The van der Waals surface area contributed by atoms with E-state index < -0.39 is 10.0 Å². The molecule has 0 atom stereocenters. The van der Waals surface area contributed by atoms with Crippen molar-refractivity contribution < 1.29 is 12.8 Å². The van der Waals surface area contributed by atoms with Gasteiger partial charge in [0.05, 0.1) is 3.79 Å². The Hall–Kier alpha value is -1.71. The van der Waals surface area contributed by atoms with Crippen molar-refractivity contribution in [1.29, 1.82) is 0 Å². The van der Waals surface area contributed by atoms with Crippen LogP contribution in [0.4, 0.5) is 5.69 Å². The van der Waals surface area contributed by atoms with Gasteiger partial charge in [-0.05, 0) is 52.3 Å². The summed E-state index contributed by atoms with van der Waals surface area (Å²) < 4.78 is 32.9. The molecule has 6 nitrogen and oxygen atoms in total. The van der Waals surface area contributed by atoms with Crippen molar-refractivity contribution in [3.05, 3.63) is 46.6 Å². The highest BCUT2D eigenvalue weighted by Gasteiger charge is 2.16. The molecule has 0 saturated carbocycles. The largest absolute Gasteiger partial charge is 0.423 e. The van der Waals surface area contributed by atoms with Crippen molar-refractivity contribution in [2.75, 3.05) is 4.72 Å². The lowest BCUT2D eigenvalue weighted by molar-refractivity contribution is 0.568. The van der Waals surface area contributed by atoms with Gasteiger partial charge in [0.1, 0.15) is 4.21 Å². The maximum Gasteiger partial charge on any atom is 0.271 e. The lowest BCUT2D eigenvalue weighted by Crippen LogP contribution is -2.11. The van der Waals surface area contributed by atoms with Crippen molar-refractivity contribution in [3.63, 3.8) is 0 Å². The van der Waals surface area contributed by atoms with Crippen LogP contribution in [-0.4, -0.2) is 18.6 Å². The first-order valence-electron chi connectivity index (χ1n) is 5.69. The first-order valence-corrected chi connectivity index (χ1v) is 8.79. The number of hydrogen-bond donors (Lipinski definition) is 1. The van der Waals surface area contributed by atoms with Crippen LogP contribution < -0.4 is 4.72 Å². The predicted molar refractivity (Wildman–Crippen MR) is 82.6 cm³/mol. The van der Waals surface area contributed by atoms with E-state index in [9.17, 15) is 8.42 Å². The molecule has 108 valence electrons. The van der Waals surface area contributed by atoms with Crippen LogP contribution in [0.1, 0.15) is 0 Å². The summed E-state index contributed by atoms with van der Waals surface area (Å²) in [6, 6.07) is 9.92. The number of rotatable bonds is 4. The minimum atomic E-state index is -3.57. The molecule has 0 aliphatic rings. The van der Waals surface area contributed by atoms with E-state index >= 15 is 0 Å². The Morgan fingerprint density at radius 3 is 2.48 bits per heavy atom. The van der Waals surface area contributed by atoms with E-state index in [2.05, 4.69) is 30.8 Å². The van der Waals surface area contributed by atoms with Crippen LogP contribution in [0.15, 0.2) is 55.2 Å². The number of hydrogen-bond acceptors (Lipinski definition) is 6. The molecule has 0 saturated heterocycles. The molecule has 1 aromatic carbocycles. The maximum absolute atomic E-state index is 12.2. The lowest BCUT2D eigenvalue weighted by atomic mass is 10.2. The molecule has 21 heavy (non-hydrogen) atoms. The maximum atomic E-state index is 12.2. The third-order valence-electron chi connectivity index (χ3n) is 2.56. The fourth-order valence-corrected chi connectivity index (χ4v) is 4.70. The number of halogens is 1. The average molecular weight is 386 g/mol. The molecular formula is C12H8BrN3O3S2. The molecule has 0 unspecified atom stereocenters. The van der Waals surface area contributed by atoms with Crippen LogP contribution in [0.25, 0.3) is 11.5 Å². The highest BCUT2D eigenvalue weighted by molar-refractivity contribution is 9.11. The zero-order valence-electron chi connectivity index (χ0n) is 10.4. The third-order valence-corrected chi connectivity index (χ3v) is 6.05. The van der Waals surface area contributed by atoms with Gasteiger partial charge in [-0.3, -0.25) is 4.72 Å². The molecular weight excluding hydrogens is 378 g/mol. The fourth-order valence-electron chi connectivity index (χ4n) is 1.63. The normalized spacial score (nSPS) is 11.5. The minimum absolute atomic E-state index is 0.246. The van der Waals surface area contributed by atoms with Crippen LogP contribution in [0, 0.1) is 0 Å². The summed E-state index contributed by atoms with van der Waals surface area (Å²) in [6.45, 7) is 0. The fraction of sp³-hybridized carbons (Fsp3) is 0. The highest BCUT2D eigenvalue weighted by atomic mass is 79.9.